The quantitative estimate of drug-likeness (QED) is 0.696. The highest BCUT2D eigenvalue weighted by atomic mass is 32.2. The van der Waals surface area contributed by atoms with Crippen LogP contribution in [0.5, 0.6) is 0 Å². The molecule has 1 unspecified atom stereocenters. The van der Waals surface area contributed by atoms with Gasteiger partial charge in [0.05, 0.1) is 0 Å². The lowest BCUT2D eigenvalue weighted by Gasteiger charge is -2.18. The van der Waals surface area contributed by atoms with E-state index >= 15 is 0 Å². The van der Waals surface area contributed by atoms with Gasteiger partial charge in [0.1, 0.15) is 5.78 Å². The van der Waals surface area contributed by atoms with E-state index < -0.39 is 0 Å². The Hall–Kier alpha value is 0.0200. The van der Waals surface area contributed by atoms with Gasteiger partial charge in [-0.2, -0.15) is 11.8 Å². The predicted octanol–water partition coefficient (Wildman–Crippen LogP) is 3.13. The van der Waals surface area contributed by atoms with Gasteiger partial charge in [0.15, 0.2) is 0 Å². The minimum Gasteiger partial charge on any atom is -0.299 e. The number of hydrogen-bond acceptors (Lipinski definition) is 2. The summed E-state index contributed by atoms with van der Waals surface area (Å²) >= 11 is 1.92. The number of ketones is 1. The van der Waals surface area contributed by atoms with E-state index in [-0.39, 0.29) is 0 Å². The van der Waals surface area contributed by atoms with Crippen LogP contribution in [-0.4, -0.2) is 17.3 Å². The maximum atomic E-state index is 11.7. The maximum absolute atomic E-state index is 11.7. The third-order valence-corrected chi connectivity index (χ3v) is 3.67. The first-order valence-electron chi connectivity index (χ1n) is 5.09. The van der Waals surface area contributed by atoms with Crippen molar-refractivity contribution in [1.29, 1.82) is 0 Å². The third kappa shape index (κ3) is 4.17. The average molecular weight is 200 g/mol. The molecule has 1 fully saturated rings. The van der Waals surface area contributed by atoms with E-state index in [0.717, 1.165) is 25.0 Å². The number of hydrogen-bond donors (Lipinski definition) is 0. The van der Waals surface area contributed by atoms with Crippen LogP contribution < -0.4 is 0 Å². The van der Waals surface area contributed by atoms with Gasteiger partial charge in [0.2, 0.25) is 0 Å². The zero-order valence-corrected chi connectivity index (χ0v) is 9.75. The van der Waals surface area contributed by atoms with E-state index in [1.165, 1.54) is 5.75 Å². The second-order valence-electron chi connectivity index (χ2n) is 5.09. The van der Waals surface area contributed by atoms with Crippen molar-refractivity contribution in [1.82, 2.24) is 0 Å². The van der Waals surface area contributed by atoms with Gasteiger partial charge < -0.3 is 0 Å². The summed E-state index contributed by atoms with van der Waals surface area (Å²) in [6.07, 6.45) is 2.94. The smallest absolute Gasteiger partial charge is 0.136 e. The second kappa shape index (κ2) is 4.50. The fraction of sp³-hybridized carbons (Fsp3) is 0.909. The van der Waals surface area contributed by atoms with Crippen LogP contribution in [0.25, 0.3) is 0 Å². The van der Waals surface area contributed by atoms with Crippen molar-refractivity contribution in [3.63, 3.8) is 0 Å². The van der Waals surface area contributed by atoms with Crippen LogP contribution in [0.4, 0.5) is 0 Å². The summed E-state index contributed by atoms with van der Waals surface area (Å²) in [4.78, 5) is 11.7. The van der Waals surface area contributed by atoms with E-state index in [0.29, 0.717) is 17.1 Å². The molecule has 0 N–H and O–H groups in total. The first-order chi connectivity index (χ1) is 5.99. The molecule has 76 valence electrons. The molecule has 0 aromatic rings. The van der Waals surface area contributed by atoms with Gasteiger partial charge >= 0.3 is 0 Å². The minimum atomic E-state index is 0.307. The van der Waals surface area contributed by atoms with Crippen molar-refractivity contribution in [3.8, 4) is 0 Å². The molecular weight excluding hydrogens is 180 g/mol. The molecule has 1 atom stereocenters. The molecule has 0 amide bonds. The fourth-order valence-corrected chi connectivity index (χ4v) is 2.75. The van der Waals surface area contributed by atoms with E-state index in [1.54, 1.807) is 0 Å². The first-order valence-corrected chi connectivity index (χ1v) is 6.25. The van der Waals surface area contributed by atoms with Crippen molar-refractivity contribution in [2.24, 2.45) is 11.3 Å². The highest BCUT2D eigenvalue weighted by Gasteiger charge is 2.24. The number of carbonyl (C=O) groups excluding carboxylic acids is 1. The number of rotatable bonds is 3. The Labute approximate surface area is 85.7 Å². The van der Waals surface area contributed by atoms with Crippen molar-refractivity contribution in [2.75, 3.05) is 11.5 Å². The molecule has 1 nitrogen and oxygen atoms in total. The highest BCUT2D eigenvalue weighted by Crippen LogP contribution is 2.28. The molecule has 0 saturated carbocycles. The molecule has 0 bridgehead atoms. The SMILES string of the molecule is CC(C)(C)CCC(=O)C1CCSC1. The van der Waals surface area contributed by atoms with Gasteiger partial charge in [-0.25, -0.2) is 0 Å². The van der Waals surface area contributed by atoms with E-state index in [4.69, 9.17) is 0 Å². The lowest BCUT2D eigenvalue weighted by atomic mass is 9.87. The van der Waals surface area contributed by atoms with Gasteiger partial charge in [-0.15, -0.1) is 0 Å². The molecule has 0 radical (unpaired) electrons. The normalized spacial score (nSPS) is 23.5. The Morgan fingerprint density at radius 1 is 1.46 bits per heavy atom. The number of Topliss-reactive ketones (excluding diaryl/α,β-unsaturated/α-hetero) is 1. The van der Waals surface area contributed by atoms with Gasteiger partial charge in [0.25, 0.3) is 0 Å². The predicted molar refractivity (Wildman–Crippen MR) is 59.1 cm³/mol. The molecule has 1 rings (SSSR count). The fourth-order valence-electron chi connectivity index (χ4n) is 1.49. The molecule has 1 aliphatic rings. The van der Waals surface area contributed by atoms with Crippen LogP contribution in [0, 0.1) is 11.3 Å². The topological polar surface area (TPSA) is 17.1 Å². The maximum Gasteiger partial charge on any atom is 0.136 e. The molecule has 0 aromatic heterocycles. The van der Waals surface area contributed by atoms with E-state index in [9.17, 15) is 4.79 Å². The molecule has 1 heterocycles. The number of carbonyl (C=O) groups is 1. The van der Waals surface area contributed by atoms with E-state index in [2.05, 4.69) is 20.8 Å². The summed E-state index contributed by atoms with van der Waals surface area (Å²) in [7, 11) is 0. The van der Waals surface area contributed by atoms with Gasteiger partial charge in [-0.3, -0.25) is 4.79 Å². The summed E-state index contributed by atoms with van der Waals surface area (Å²) in [6.45, 7) is 6.59. The Kier molecular flexibility index (Phi) is 3.84. The Balaban J connectivity index is 2.25. The van der Waals surface area contributed by atoms with Gasteiger partial charge in [-0.1, -0.05) is 20.8 Å². The summed E-state index contributed by atoms with van der Waals surface area (Å²) < 4.78 is 0. The van der Waals surface area contributed by atoms with Crippen LogP contribution in [0.15, 0.2) is 0 Å². The molecule has 13 heavy (non-hydrogen) atoms. The van der Waals surface area contributed by atoms with Crippen molar-refractivity contribution in [2.45, 2.75) is 40.0 Å². The van der Waals surface area contributed by atoms with Crippen LogP contribution >= 0.6 is 11.8 Å². The van der Waals surface area contributed by atoms with Crippen LogP contribution in [0.3, 0.4) is 0 Å². The van der Waals surface area contributed by atoms with Crippen molar-refractivity contribution >= 4 is 17.5 Å². The van der Waals surface area contributed by atoms with E-state index in [1.807, 2.05) is 11.8 Å². The lowest BCUT2D eigenvalue weighted by Crippen LogP contribution is -2.16. The zero-order valence-electron chi connectivity index (χ0n) is 8.93. The molecule has 0 aliphatic carbocycles. The minimum absolute atomic E-state index is 0.307. The molecule has 1 saturated heterocycles. The molecular formula is C11H20OS. The average Bonchev–Trinajstić information content (AvgIpc) is 2.50. The monoisotopic (exact) mass is 200 g/mol. The summed E-state index contributed by atoms with van der Waals surface area (Å²) in [5, 5.41) is 0. The highest BCUT2D eigenvalue weighted by molar-refractivity contribution is 7.99. The Morgan fingerprint density at radius 3 is 2.62 bits per heavy atom. The van der Waals surface area contributed by atoms with Crippen LogP contribution in [0.2, 0.25) is 0 Å². The summed E-state index contributed by atoms with van der Waals surface area (Å²) in [5.74, 6) is 3.14. The largest absolute Gasteiger partial charge is 0.299 e. The molecule has 1 aliphatic heterocycles. The second-order valence-corrected chi connectivity index (χ2v) is 6.24. The first kappa shape index (κ1) is 11.1. The van der Waals surface area contributed by atoms with Crippen molar-refractivity contribution < 1.29 is 4.79 Å². The molecule has 2 heteroatoms. The van der Waals surface area contributed by atoms with Crippen molar-refractivity contribution in [3.05, 3.63) is 0 Å². The number of thioether (sulfide) groups is 1. The summed E-state index contributed by atoms with van der Waals surface area (Å²) in [5.41, 5.74) is 0.307. The van der Waals surface area contributed by atoms with Gasteiger partial charge in [-0.05, 0) is 24.0 Å². The molecule has 0 spiro atoms. The lowest BCUT2D eigenvalue weighted by molar-refractivity contribution is -0.122. The third-order valence-electron chi connectivity index (χ3n) is 2.51. The van der Waals surface area contributed by atoms with Crippen LogP contribution in [-0.2, 0) is 4.79 Å². The zero-order chi connectivity index (χ0) is 9.90. The van der Waals surface area contributed by atoms with Crippen LogP contribution in [0.1, 0.15) is 40.0 Å². The standard InChI is InChI=1S/C11H20OS/c1-11(2,3)6-4-10(12)9-5-7-13-8-9/h9H,4-8H2,1-3H3. The summed E-state index contributed by atoms with van der Waals surface area (Å²) in [6, 6.07) is 0. The van der Waals surface area contributed by atoms with Gasteiger partial charge in [0, 0.05) is 18.1 Å². The Morgan fingerprint density at radius 2 is 2.15 bits per heavy atom. The Bertz CT molecular complexity index is 175. The molecule has 0 aromatic carbocycles.